The standard InChI is InChI=1S/C18H18FN5O/c19-15-6-2-1-4-13(15)12-22-17-10-16(14-5-3-7-20-11-14)23-18(24-17)21-8-9-25/h1-7,10-11,25H,8-9,12H2,(H2,21,22,23,24). The van der Waals surface area contributed by atoms with Crippen LogP contribution in [0.5, 0.6) is 0 Å². The molecule has 3 rings (SSSR count). The van der Waals surface area contributed by atoms with E-state index in [2.05, 4.69) is 25.6 Å². The molecule has 0 unspecified atom stereocenters. The van der Waals surface area contributed by atoms with Gasteiger partial charge in [0.25, 0.3) is 0 Å². The van der Waals surface area contributed by atoms with Crippen molar-refractivity contribution in [3.8, 4) is 11.3 Å². The van der Waals surface area contributed by atoms with E-state index in [1.165, 1.54) is 6.07 Å². The van der Waals surface area contributed by atoms with Crippen molar-refractivity contribution in [1.82, 2.24) is 15.0 Å². The van der Waals surface area contributed by atoms with Crippen LogP contribution in [-0.2, 0) is 6.54 Å². The van der Waals surface area contributed by atoms with Gasteiger partial charge >= 0.3 is 0 Å². The molecule has 0 bridgehead atoms. The maximum Gasteiger partial charge on any atom is 0.225 e. The first-order chi connectivity index (χ1) is 12.3. The van der Waals surface area contributed by atoms with Crippen LogP contribution in [0.4, 0.5) is 16.2 Å². The van der Waals surface area contributed by atoms with Gasteiger partial charge in [-0.2, -0.15) is 4.98 Å². The van der Waals surface area contributed by atoms with Crippen molar-refractivity contribution in [3.05, 3.63) is 66.2 Å². The number of rotatable bonds is 7. The third-order valence-electron chi connectivity index (χ3n) is 3.50. The lowest BCUT2D eigenvalue weighted by Gasteiger charge is -2.11. The number of aliphatic hydroxyl groups is 1. The summed E-state index contributed by atoms with van der Waals surface area (Å²) in [6.45, 7) is 0.608. The number of pyridine rings is 1. The Labute approximate surface area is 144 Å². The van der Waals surface area contributed by atoms with Crippen LogP contribution in [0.1, 0.15) is 5.56 Å². The average molecular weight is 339 g/mol. The molecule has 0 saturated carbocycles. The summed E-state index contributed by atoms with van der Waals surface area (Å²) >= 11 is 0. The molecule has 128 valence electrons. The Hall–Kier alpha value is -3.06. The average Bonchev–Trinajstić information content (AvgIpc) is 2.66. The minimum atomic E-state index is -0.268. The number of halogens is 1. The van der Waals surface area contributed by atoms with Crippen molar-refractivity contribution in [2.75, 3.05) is 23.8 Å². The van der Waals surface area contributed by atoms with Crippen LogP contribution >= 0.6 is 0 Å². The second-order valence-electron chi connectivity index (χ2n) is 5.30. The number of benzene rings is 1. The number of hydrogen-bond donors (Lipinski definition) is 3. The zero-order chi connectivity index (χ0) is 17.5. The summed E-state index contributed by atoms with van der Waals surface area (Å²) in [5.74, 6) is 0.666. The van der Waals surface area contributed by atoms with E-state index in [1.807, 2.05) is 12.1 Å². The van der Waals surface area contributed by atoms with Gasteiger partial charge in [-0.25, -0.2) is 9.37 Å². The summed E-state index contributed by atoms with van der Waals surface area (Å²) < 4.78 is 13.8. The summed E-state index contributed by atoms with van der Waals surface area (Å²) in [4.78, 5) is 12.9. The summed E-state index contributed by atoms with van der Waals surface area (Å²) in [6, 6.07) is 12.1. The van der Waals surface area contributed by atoms with Crippen LogP contribution in [0, 0.1) is 5.82 Å². The van der Waals surface area contributed by atoms with Crippen molar-refractivity contribution in [2.24, 2.45) is 0 Å². The number of nitrogens with one attached hydrogen (secondary N) is 2. The molecule has 2 aromatic heterocycles. The van der Waals surface area contributed by atoms with Gasteiger partial charge in [0.2, 0.25) is 5.95 Å². The monoisotopic (exact) mass is 339 g/mol. The molecule has 0 spiro atoms. The number of aliphatic hydroxyl groups excluding tert-OH is 1. The first-order valence-corrected chi connectivity index (χ1v) is 7.88. The molecule has 7 heteroatoms. The topological polar surface area (TPSA) is 83.0 Å². The summed E-state index contributed by atoms with van der Waals surface area (Å²) in [5, 5.41) is 15.0. The first kappa shape index (κ1) is 16.8. The maximum absolute atomic E-state index is 13.8. The van der Waals surface area contributed by atoms with Gasteiger partial charge in [-0.3, -0.25) is 4.98 Å². The molecule has 0 aliphatic carbocycles. The van der Waals surface area contributed by atoms with E-state index in [0.29, 0.717) is 36.1 Å². The maximum atomic E-state index is 13.8. The minimum Gasteiger partial charge on any atom is -0.395 e. The smallest absolute Gasteiger partial charge is 0.225 e. The van der Waals surface area contributed by atoms with Gasteiger partial charge in [-0.15, -0.1) is 0 Å². The third kappa shape index (κ3) is 4.48. The predicted octanol–water partition coefficient (Wildman–Crippen LogP) is 2.69. The van der Waals surface area contributed by atoms with Gasteiger partial charge in [-0.1, -0.05) is 18.2 Å². The highest BCUT2D eigenvalue weighted by atomic mass is 19.1. The van der Waals surface area contributed by atoms with Crippen LogP contribution in [0.3, 0.4) is 0 Å². The molecule has 6 nitrogen and oxygen atoms in total. The fourth-order valence-corrected chi connectivity index (χ4v) is 2.27. The second kappa shape index (κ2) is 8.16. The number of aromatic nitrogens is 3. The lowest BCUT2D eigenvalue weighted by Crippen LogP contribution is -2.11. The highest BCUT2D eigenvalue weighted by Gasteiger charge is 2.08. The van der Waals surface area contributed by atoms with Gasteiger partial charge < -0.3 is 15.7 Å². The Morgan fingerprint density at radius 2 is 1.92 bits per heavy atom. The largest absolute Gasteiger partial charge is 0.395 e. The number of anilines is 2. The molecule has 0 saturated heterocycles. The second-order valence-corrected chi connectivity index (χ2v) is 5.30. The third-order valence-corrected chi connectivity index (χ3v) is 3.50. The Morgan fingerprint density at radius 3 is 2.68 bits per heavy atom. The first-order valence-electron chi connectivity index (χ1n) is 7.88. The normalized spacial score (nSPS) is 10.5. The summed E-state index contributed by atoms with van der Waals surface area (Å²) in [6.07, 6.45) is 3.39. The SMILES string of the molecule is OCCNc1nc(NCc2ccccc2F)cc(-c2cccnc2)n1. The van der Waals surface area contributed by atoms with E-state index < -0.39 is 0 Å². The van der Waals surface area contributed by atoms with Crippen molar-refractivity contribution in [2.45, 2.75) is 6.54 Å². The number of nitrogens with zero attached hydrogens (tertiary/aromatic N) is 3. The van der Waals surface area contributed by atoms with Crippen LogP contribution in [-0.4, -0.2) is 33.2 Å². The van der Waals surface area contributed by atoms with Crippen molar-refractivity contribution in [1.29, 1.82) is 0 Å². The highest BCUT2D eigenvalue weighted by Crippen LogP contribution is 2.21. The zero-order valence-electron chi connectivity index (χ0n) is 13.5. The van der Waals surface area contributed by atoms with E-state index in [9.17, 15) is 4.39 Å². The van der Waals surface area contributed by atoms with Gasteiger partial charge in [0, 0.05) is 42.7 Å². The molecule has 3 N–H and O–H groups in total. The molecule has 0 aliphatic rings. The molecular weight excluding hydrogens is 321 g/mol. The van der Waals surface area contributed by atoms with E-state index in [0.717, 1.165) is 5.56 Å². The lowest BCUT2D eigenvalue weighted by atomic mass is 10.2. The van der Waals surface area contributed by atoms with Crippen molar-refractivity contribution >= 4 is 11.8 Å². The highest BCUT2D eigenvalue weighted by molar-refractivity contribution is 5.63. The van der Waals surface area contributed by atoms with Crippen LogP contribution < -0.4 is 10.6 Å². The van der Waals surface area contributed by atoms with Crippen molar-refractivity contribution < 1.29 is 9.50 Å². The van der Waals surface area contributed by atoms with Crippen molar-refractivity contribution in [3.63, 3.8) is 0 Å². The fourth-order valence-electron chi connectivity index (χ4n) is 2.27. The number of hydrogen-bond acceptors (Lipinski definition) is 6. The van der Waals surface area contributed by atoms with Crippen LogP contribution in [0.2, 0.25) is 0 Å². The predicted molar refractivity (Wildman–Crippen MR) is 94.6 cm³/mol. The Balaban J connectivity index is 1.85. The van der Waals surface area contributed by atoms with E-state index in [-0.39, 0.29) is 12.4 Å². The van der Waals surface area contributed by atoms with Gasteiger partial charge in [0.1, 0.15) is 11.6 Å². The quantitative estimate of drug-likeness (QED) is 0.614. The van der Waals surface area contributed by atoms with E-state index in [4.69, 9.17) is 5.11 Å². The minimum absolute atomic E-state index is 0.0293. The molecule has 0 atom stereocenters. The summed E-state index contributed by atoms with van der Waals surface area (Å²) in [7, 11) is 0. The molecule has 0 radical (unpaired) electrons. The fraction of sp³-hybridized carbons (Fsp3) is 0.167. The molecule has 2 heterocycles. The zero-order valence-corrected chi connectivity index (χ0v) is 13.5. The van der Waals surface area contributed by atoms with E-state index >= 15 is 0 Å². The molecule has 1 aromatic carbocycles. The Kier molecular flexibility index (Phi) is 5.48. The van der Waals surface area contributed by atoms with Crippen LogP contribution in [0.15, 0.2) is 54.9 Å². The molecule has 0 aliphatic heterocycles. The molecular formula is C18H18FN5O. The Morgan fingerprint density at radius 1 is 1.04 bits per heavy atom. The molecule has 0 fully saturated rings. The van der Waals surface area contributed by atoms with Gasteiger partial charge in [0.05, 0.1) is 12.3 Å². The summed E-state index contributed by atoms with van der Waals surface area (Å²) in [5.41, 5.74) is 2.07. The van der Waals surface area contributed by atoms with Crippen LogP contribution in [0.25, 0.3) is 11.3 Å². The van der Waals surface area contributed by atoms with E-state index in [1.54, 1.807) is 36.7 Å². The lowest BCUT2D eigenvalue weighted by molar-refractivity contribution is 0.311. The molecule has 0 amide bonds. The molecule has 3 aromatic rings. The van der Waals surface area contributed by atoms with Gasteiger partial charge in [-0.05, 0) is 18.2 Å². The Bertz CT molecular complexity index is 829. The molecule has 25 heavy (non-hydrogen) atoms. The van der Waals surface area contributed by atoms with Gasteiger partial charge in [0.15, 0.2) is 0 Å².